The summed E-state index contributed by atoms with van der Waals surface area (Å²) in [6, 6.07) is 3.42. The van der Waals surface area contributed by atoms with Crippen molar-refractivity contribution >= 4 is 28.9 Å². The monoisotopic (exact) mass is 354 g/mol. The topological polar surface area (TPSA) is 114 Å². The number of nitrogens with one attached hydrogen (secondary N) is 1. The Labute approximate surface area is 144 Å². The molecule has 1 atom stereocenters. The number of primary amides is 1. The smallest absolute Gasteiger partial charge is 0.252 e. The van der Waals surface area contributed by atoms with Gasteiger partial charge in [-0.25, -0.2) is 4.39 Å². The zero-order chi connectivity index (χ0) is 18.1. The Morgan fingerprint density at radius 2 is 2.12 bits per heavy atom. The standard InChI is InChI=1S/C16H20ClFN4O2/c1-16(2,24)12-7-21-6-11(22-12)13(15(20)23)14(19)8-3-4-10(18)9(17)5-8/h3-5,12,21,24H,6-7,19H2,1-2H3,(H2,20,23). The van der Waals surface area contributed by atoms with Crippen molar-refractivity contribution in [3.63, 3.8) is 0 Å². The second kappa shape index (κ2) is 6.88. The van der Waals surface area contributed by atoms with Crippen molar-refractivity contribution < 1.29 is 14.3 Å². The Bertz CT molecular complexity index is 725. The third kappa shape index (κ3) is 3.92. The largest absolute Gasteiger partial charge is 0.398 e. The van der Waals surface area contributed by atoms with Crippen LogP contribution in [0.5, 0.6) is 0 Å². The number of halogens is 2. The number of aliphatic hydroxyl groups is 1. The number of hydrogen-bond donors (Lipinski definition) is 4. The quantitative estimate of drug-likeness (QED) is 0.599. The first-order valence-electron chi connectivity index (χ1n) is 7.36. The van der Waals surface area contributed by atoms with Crippen LogP contribution in [0.25, 0.3) is 5.70 Å². The minimum absolute atomic E-state index is 0.0270. The van der Waals surface area contributed by atoms with E-state index >= 15 is 0 Å². The van der Waals surface area contributed by atoms with E-state index in [1.165, 1.54) is 12.1 Å². The van der Waals surface area contributed by atoms with E-state index in [4.69, 9.17) is 23.1 Å². The number of aliphatic imine (C=N–C) groups is 1. The number of carbonyl (C=O) groups excluding carboxylic acids is 1. The minimum atomic E-state index is -1.07. The molecule has 0 aromatic heterocycles. The molecule has 8 heteroatoms. The lowest BCUT2D eigenvalue weighted by molar-refractivity contribution is -0.114. The number of hydrogen-bond acceptors (Lipinski definition) is 5. The SMILES string of the molecule is CC(C)(O)C1CNCC(C(C(N)=O)=C(N)c2ccc(F)c(Cl)c2)=N1. The highest BCUT2D eigenvalue weighted by Crippen LogP contribution is 2.23. The molecule has 1 aromatic rings. The van der Waals surface area contributed by atoms with Gasteiger partial charge in [0.15, 0.2) is 0 Å². The Morgan fingerprint density at radius 3 is 2.67 bits per heavy atom. The van der Waals surface area contributed by atoms with E-state index in [2.05, 4.69) is 10.3 Å². The third-order valence-corrected chi connectivity index (χ3v) is 4.08. The van der Waals surface area contributed by atoms with Gasteiger partial charge in [-0.15, -0.1) is 0 Å². The number of carbonyl (C=O) groups is 1. The Hall–Kier alpha value is -1.96. The molecule has 0 radical (unpaired) electrons. The summed E-state index contributed by atoms with van der Waals surface area (Å²) < 4.78 is 13.3. The summed E-state index contributed by atoms with van der Waals surface area (Å²) >= 11 is 5.77. The fourth-order valence-electron chi connectivity index (χ4n) is 2.41. The van der Waals surface area contributed by atoms with Gasteiger partial charge >= 0.3 is 0 Å². The van der Waals surface area contributed by atoms with Gasteiger partial charge in [-0.2, -0.15) is 0 Å². The van der Waals surface area contributed by atoms with Crippen LogP contribution in [-0.2, 0) is 4.79 Å². The summed E-state index contributed by atoms with van der Waals surface area (Å²) in [6.07, 6.45) is 0. The molecule has 1 unspecified atom stereocenters. The average Bonchev–Trinajstić information content (AvgIpc) is 2.49. The van der Waals surface area contributed by atoms with Gasteiger partial charge in [0.05, 0.1) is 33.6 Å². The molecule has 1 aromatic carbocycles. The van der Waals surface area contributed by atoms with Crippen LogP contribution >= 0.6 is 11.6 Å². The zero-order valence-corrected chi connectivity index (χ0v) is 14.2. The second-order valence-corrected chi connectivity index (χ2v) is 6.57. The first-order valence-corrected chi connectivity index (χ1v) is 7.74. The molecule has 1 aliphatic heterocycles. The molecule has 0 saturated carbocycles. The number of nitrogens with zero attached hydrogens (tertiary/aromatic N) is 1. The Morgan fingerprint density at radius 1 is 1.46 bits per heavy atom. The van der Waals surface area contributed by atoms with Crippen LogP contribution in [0.1, 0.15) is 19.4 Å². The second-order valence-electron chi connectivity index (χ2n) is 6.16. The lowest BCUT2D eigenvalue weighted by atomic mass is 9.95. The Balaban J connectivity index is 2.53. The van der Waals surface area contributed by atoms with Crippen molar-refractivity contribution in [1.82, 2.24) is 5.32 Å². The summed E-state index contributed by atoms with van der Waals surface area (Å²) in [6.45, 7) is 3.99. The maximum absolute atomic E-state index is 13.3. The van der Waals surface area contributed by atoms with Crippen molar-refractivity contribution in [1.29, 1.82) is 0 Å². The van der Waals surface area contributed by atoms with Gasteiger partial charge in [-0.05, 0) is 37.6 Å². The summed E-state index contributed by atoms with van der Waals surface area (Å²) in [5.74, 6) is -1.35. The van der Waals surface area contributed by atoms with Crippen LogP contribution in [-0.4, -0.2) is 41.5 Å². The van der Waals surface area contributed by atoms with Gasteiger partial charge in [0.2, 0.25) is 0 Å². The summed E-state index contributed by atoms with van der Waals surface area (Å²) in [5.41, 5.74) is 11.3. The van der Waals surface area contributed by atoms with E-state index in [9.17, 15) is 14.3 Å². The summed E-state index contributed by atoms with van der Waals surface area (Å²) in [7, 11) is 0. The first kappa shape index (κ1) is 18.4. The van der Waals surface area contributed by atoms with E-state index < -0.39 is 23.4 Å². The highest BCUT2D eigenvalue weighted by molar-refractivity contribution is 6.31. The first-order chi connectivity index (χ1) is 11.1. The van der Waals surface area contributed by atoms with Gasteiger partial charge < -0.3 is 21.9 Å². The van der Waals surface area contributed by atoms with E-state index in [0.717, 1.165) is 6.07 Å². The predicted octanol–water partition coefficient (Wildman–Crippen LogP) is 0.818. The van der Waals surface area contributed by atoms with Crippen LogP contribution in [0.4, 0.5) is 4.39 Å². The average molecular weight is 355 g/mol. The highest BCUT2D eigenvalue weighted by atomic mass is 35.5. The van der Waals surface area contributed by atoms with Crippen LogP contribution < -0.4 is 16.8 Å². The number of benzene rings is 1. The Kier molecular flexibility index (Phi) is 5.27. The molecule has 0 fully saturated rings. The molecule has 2 rings (SSSR count). The highest BCUT2D eigenvalue weighted by Gasteiger charge is 2.31. The normalized spacial score (nSPS) is 19.5. The van der Waals surface area contributed by atoms with Crippen LogP contribution in [0.3, 0.4) is 0 Å². The lowest BCUT2D eigenvalue weighted by Gasteiger charge is -2.31. The number of nitrogens with two attached hydrogens (primary N) is 2. The van der Waals surface area contributed by atoms with Crippen molar-refractivity contribution in [3.8, 4) is 0 Å². The molecule has 6 N–H and O–H groups in total. The van der Waals surface area contributed by atoms with E-state index in [1.807, 2.05) is 0 Å². The van der Waals surface area contributed by atoms with Crippen molar-refractivity contribution in [3.05, 3.63) is 40.2 Å². The number of amides is 1. The molecule has 0 bridgehead atoms. The third-order valence-electron chi connectivity index (χ3n) is 3.79. The minimum Gasteiger partial charge on any atom is -0.398 e. The molecule has 0 aliphatic carbocycles. The van der Waals surface area contributed by atoms with E-state index in [0.29, 0.717) is 17.8 Å². The van der Waals surface area contributed by atoms with Crippen LogP contribution in [0.15, 0.2) is 28.8 Å². The van der Waals surface area contributed by atoms with Gasteiger partial charge in [0.25, 0.3) is 5.91 Å². The molecule has 0 spiro atoms. The van der Waals surface area contributed by atoms with Gasteiger partial charge in [-0.1, -0.05) is 11.6 Å². The van der Waals surface area contributed by atoms with Crippen LogP contribution in [0.2, 0.25) is 5.02 Å². The van der Waals surface area contributed by atoms with Crippen molar-refractivity contribution in [2.45, 2.75) is 25.5 Å². The van der Waals surface area contributed by atoms with Crippen LogP contribution in [0, 0.1) is 5.82 Å². The molecule has 1 aliphatic rings. The van der Waals surface area contributed by atoms with E-state index in [-0.39, 0.29) is 22.8 Å². The molecule has 1 amide bonds. The summed E-state index contributed by atoms with van der Waals surface area (Å²) in [5, 5.41) is 13.1. The molecule has 24 heavy (non-hydrogen) atoms. The predicted molar refractivity (Wildman–Crippen MR) is 92.1 cm³/mol. The molecule has 130 valence electrons. The van der Waals surface area contributed by atoms with E-state index in [1.54, 1.807) is 13.8 Å². The number of rotatable bonds is 4. The van der Waals surface area contributed by atoms with Crippen molar-refractivity contribution in [2.24, 2.45) is 16.5 Å². The summed E-state index contributed by atoms with van der Waals surface area (Å²) in [4.78, 5) is 16.3. The van der Waals surface area contributed by atoms with Gasteiger partial charge in [0.1, 0.15) is 5.82 Å². The molecular weight excluding hydrogens is 335 g/mol. The maximum atomic E-state index is 13.3. The zero-order valence-electron chi connectivity index (χ0n) is 13.4. The molecule has 0 saturated heterocycles. The lowest BCUT2D eigenvalue weighted by Crippen LogP contribution is -2.48. The van der Waals surface area contributed by atoms with Gasteiger partial charge in [0, 0.05) is 13.1 Å². The molecule has 6 nitrogen and oxygen atoms in total. The van der Waals surface area contributed by atoms with Gasteiger partial charge in [-0.3, -0.25) is 9.79 Å². The van der Waals surface area contributed by atoms with Crippen molar-refractivity contribution in [2.75, 3.05) is 13.1 Å². The fourth-order valence-corrected chi connectivity index (χ4v) is 2.59. The maximum Gasteiger partial charge on any atom is 0.252 e. The molecule has 1 heterocycles. The fraction of sp³-hybridized carbons (Fsp3) is 0.375. The molecular formula is C16H20ClFN4O2.